The fraction of sp³-hybridized carbons (Fsp3) is 0.364. The van der Waals surface area contributed by atoms with Crippen LogP contribution in [0.1, 0.15) is 12.5 Å². The van der Waals surface area contributed by atoms with Crippen LogP contribution in [0.25, 0.3) is 0 Å². The van der Waals surface area contributed by atoms with Crippen molar-refractivity contribution in [3.63, 3.8) is 0 Å². The van der Waals surface area contributed by atoms with Gasteiger partial charge in [-0.2, -0.15) is 5.26 Å². The predicted octanol–water partition coefficient (Wildman–Crippen LogP) is 2.41. The highest BCUT2D eigenvalue weighted by Gasteiger charge is 1.98. The lowest BCUT2D eigenvalue weighted by Crippen LogP contribution is -2.23. The van der Waals surface area contributed by atoms with E-state index in [0.29, 0.717) is 0 Å². The van der Waals surface area contributed by atoms with Crippen LogP contribution in [-0.2, 0) is 6.54 Å². The lowest BCUT2D eigenvalue weighted by atomic mass is 10.2. The number of nitrogens with zero attached hydrogens (tertiary/aromatic N) is 1. The topological polar surface area (TPSA) is 35.8 Å². The zero-order valence-electron chi connectivity index (χ0n) is 8.45. The Hall–Kier alpha value is -0.980. The number of thioether (sulfide) groups is 1. The van der Waals surface area contributed by atoms with Crippen LogP contribution in [0.2, 0.25) is 0 Å². The molecular formula is C11H14N2S. The molecule has 3 heteroatoms. The maximum absolute atomic E-state index is 8.58. The molecule has 0 heterocycles. The smallest absolute Gasteiger partial charge is 0.0927 e. The Balaban J connectivity index is 2.48. The minimum Gasteiger partial charge on any atom is -0.298 e. The summed E-state index contributed by atoms with van der Waals surface area (Å²) in [5.41, 5.74) is 1.21. The maximum atomic E-state index is 8.58. The summed E-state index contributed by atoms with van der Waals surface area (Å²) in [7, 11) is 0. The van der Waals surface area contributed by atoms with E-state index in [2.05, 4.69) is 41.9 Å². The average molecular weight is 206 g/mol. The third kappa shape index (κ3) is 3.41. The lowest BCUT2D eigenvalue weighted by Gasteiger charge is -2.06. The van der Waals surface area contributed by atoms with Crippen LogP contribution < -0.4 is 5.32 Å². The number of nitriles is 1. The second-order valence-corrected chi connectivity index (χ2v) is 3.96. The molecule has 1 rings (SSSR count). The highest BCUT2D eigenvalue weighted by Crippen LogP contribution is 2.14. The molecule has 0 aliphatic carbocycles. The van der Waals surface area contributed by atoms with Gasteiger partial charge < -0.3 is 0 Å². The fourth-order valence-electron chi connectivity index (χ4n) is 1.06. The Labute approximate surface area is 89.3 Å². The molecule has 1 atom stereocenters. The van der Waals surface area contributed by atoms with E-state index in [1.54, 1.807) is 11.8 Å². The van der Waals surface area contributed by atoms with E-state index in [0.717, 1.165) is 6.54 Å². The molecule has 1 unspecified atom stereocenters. The minimum atomic E-state index is -0.0878. The Bertz CT molecular complexity index is 313. The Morgan fingerprint density at radius 3 is 2.57 bits per heavy atom. The molecule has 0 radical (unpaired) electrons. The molecular weight excluding hydrogens is 192 g/mol. The number of benzene rings is 1. The summed E-state index contributed by atoms with van der Waals surface area (Å²) in [5, 5.41) is 11.7. The first kappa shape index (κ1) is 11.1. The minimum absolute atomic E-state index is 0.0878. The summed E-state index contributed by atoms with van der Waals surface area (Å²) in [6.45, 7) is 2.61. The van der Waals surface area contributed by atoms with Crippen LogP contribution in [-0.4, -0.2) is 12.3 Å². The van der Waals surface area contributed by atoms with Crippen molar-refractivity contribution in [1.29, 1.82) is 5.26 Å². The van der Waals surface area contributed by atoms with Crippen molar-refractivity contribution in [2.45, 2.75) is 24.4 Å². The Morgan fingerprint density at radius 1 is 1.43 bits per heavy atom. The van der Waals surface area contributed by atoms with Gasteiger partial charge in [0.2, 0.25) is 0 Å². The van der Waals surface area contributed by atoms with Crippen LogP contribution in [0.5, 0.6) is 0 Å². The summed E-state index contributed by atoms with van der Waals surface area (Å²) in [6, 6.07) is 10.4. The van der Waals surface area contributed by atoms with Gasteiger partial charge in [0.25, 0.3) is 0 Å². The molecule has 74 valence electrons. The van der Waals surface area contributed by atoms with Gasteiger partial charge in [0.15, 0.2) is 0 Å². The molecule has 0 spiro atoms. The number of hydrogen-bond acceptors (Lipinski definition) is 3. The van der Waals surface area contributed by atoms with Crippen molar-refractivity contribution >= 4 is 11.8 Å². The third-order valence-electron chi connectivity index (χ3n) is 1.97. The van der Waals surface area contributed by atoms with Gasteiger partial charge in [-0.1, -0.05) is 12.1 Å². The molecule has 1 aromatic rings. The van der Waals surface area contributed by atoms with E-state index in [4.69, 9.17) is 5.26 Å². The lowest BCUT2D eigenvalue weighted by molar-refractivity contribution is 0.642. The standard InChI is InChI=1S/C11H14N2S/c1-9(7-12)13-8-10-3-5-11(14-2)6-4-10/h3-6,9,13H,8H2,1-2H3. The van der Waals surface area contributed by atoms with Gasteiger partial charge in [0, 0.05) is 11.4 Å². The van der Waals surface area contributed by atoms with Crippen LogP contribution >= 0.6 is 11.8 Å². The zero-order valence-corrected chi connectivity index (χ0v) is 9.27. The molecule has 1 aromatic carbocycles. The molecule has 14 heavy (non-hydrogen) atoms. The largest absolute Gasteiger partial charge is 0.298 e. The van der Waals surface area contributed by atoms with Crippen molar-refractivity contribution in [1.82, 2.24) is 5.32 Å². The quantitative estimate of drug-likeness (QED) is 0.768. The molecule has 0 fully saturated rings. The second-order valence-electron chi connectivity index (χ2n) is 3.08. The Morgan fingerprint density at radius 2 is 2.07 bits per heavy atom. The maximum Gasteiger partial charge on any atom is 0.0927 e. The van der Waals surface area contributed by atoms with E-state index < -0.39 is 0 Å². The molecule has 0 aliphatic heterocycles. The van der Waals surface area contributed by atoms with Gasteiger partial charge in [-0.3, -0.25) is 5.32 Å². The predicted molar refractivity (Wildman–Crippen MR) is 60.1 cm³/mol. The summed E-state index contributed by atoms with van der Waals surface area (Å²) in [4.78, 5) is 1.27. The second kappa shape index (κ2) is 5.69. The monoisotopic (exact) mass is 206 g/mol. The van der Waals surface area contributed by atoms with Gasteiger partial charge in [0.1, 0.15) is 0 Å². The fourth-order valence-corrected chi connectivity index (χ4v) is 1.47. The van der Waals surface area contributed by atoms with Gasteiger partial charge in [-0.05, 0) is 30.9 Å². The molecule has 0 bridgehead atoms. The van der Waals surface area contributed by atoms with Crippen LogP contribution in [0.3, 0.4) is 0 Å². The molecule has 0 saturated heterocycles. The zero-order chi connectivity index (χ0) is 10.4. The molecule has 0 amide bonds. The average Bonchev–Trinajstić information content (AvgIpc) is 2.26. The van der Waals surface area contributed by atoms with Crippen molar-refractivity contribution in [3.05, 3.63) is 29.8 Å². The van der Waals surface area contributed by atoms with Crippen molar-refractivity contribution < 1.29 is 0 Å². The third-order valence-corrected chi connectivity index (χ3v) is 2.71. The van der Waals surface area contributed by atoms with E-state index >= 15 is 0 Å². The highest BCUT2D eigenvalue weighted by molar-refractivity contribution is 7.98. The number of nitrogens with one attached hydrogen (secondary N) is 1. The molecule has 0 aromatic heterocycles. The van der Waals surface area contributed by atoms with Crippen molar-refractivity contribution in [3.8, 4) is 6.07 Å². The van der Waals surface area contributed by atoms with Crippen molar-refractivity contribution in [2.75, 3.05) is 6.26 Å². The number of rotatable bonds is 4. The molecule has 0 aliphatic rings. The van der Waals surface area contributed by atoms with Gasteiger partial charge in [0.05, 0.1) is 12.1 Å². The highest BCUT2D eigenvalue weighted by atomic mass is 32.2. The molecule has 2 nitrogen and oxygen atoms in total. The summed E-state index contributed by atoms with van der Waals surface area (Å²) >= 11 is 1.73. The van der Waals surface area contributed by atoms with Crippen LogP contribution in [0.4, 0.5) is 0 Å². The normalized spacial score (nSPS) is 12.1. The first-order chi connectivity index (χ1) is 6.76. The van der Waals surface area contributed by atoms with E-state index in [1.165, 1.54) is 10.5 Å². The summed E-state index contributed by atoms with van der Waals surface area (Å²) in [5.74, 6) is 0. The summed E-state index contributed by atoms with van der Waals surface area (Å²) < 4.78 is 0. The first-order valence-corrected chi connectivity index (χ1v) is 5.74. The SMILES string of the molecule is CSc1ccc(CNC(C)C#N)cc1. The van der Waals surface area contributed by atoms with Crippen LogP contribution in [0.15, 0.2) is 29.2 Å². The van der Waals surface area contributed by atoms with E-state index in [1.807, 2.05) is 6.92 Å². The van der Waals surface area contributed by atoms with Gasteiger partial charge in [-0.15, -0.1) is 11.8 Å². The van der Waals surface area contributed by atoms with Crippen molar-refractivity contribution in [2.24, 2.45) is 0 Å². The first-order valence-electron chi connectivity index (χ1n) is 4.52. The number of hydrogen-bond donors (Lipinski definition) is 1. The van der Waals surface area contributed by atoms with Gasteiger partial charge >= 0.3 is 0 Å². The van der Waals surface area contributed by atoms with E-state index in [-0.39, 0.29) is 6.04 Å². The van der Waals surface area contributed by atoms with Crippen LogP contribution in [0, 0.1) is 11.3 Å². The van der Waals surface area contributed by atoms with Gasteiger partial charge in [-0.25, -0.2) is 0 Å². The molecule has 1 N–H and O–H groups in total. The Kier molecular flexibility index (Phi) is 4.51. The van der Waals surface area contributed by atoms with E-state index in [9.17, 15) is 0 Å². The summed E-state index contributed by atoms with van der Waals surface area (Å²) in [6.07, 6.45) is 2.06. The molecule has 0 saturated carbocycles.